The van der Waals surface area contributed by atoms with E-state index in [4.69, 9.17) is 0 Å². The third kappa shape index (κ3) is 3.25. The van der Waals surface area contributed by atoms with E-state index in [0.29, 0.717) is 17.8 Å². The number of nitrogens with one attached hydrogen (secondary N) is 1. The van der Waals surface area contributed by atoms with Gasteiger partial charge in [0.15, 0.2) is 0 Å². The first kappa shape index (κ1) is 16.8. The van der Waals surface area contributed by atoms with Crippen LogP contribution < -0.4 is 10.2 Å². The van der Waals surface area contributed by atoms with Gasteiger partial charge in [0.05, 0.1) is 15.8 Å². The molecular weight excluding hydrogens is 340 g/mol. The highest BCUT2D eigenvalue weighted by Crippen LogP contribution is 2.25. The first-order valence-electron chi connectivity index (χ1n) is 7.80. The first-order valence-corrected chi connectivity index (χ1v) is 9.60. The topological polar surface area (TPSA) is 51.1 Å². The number of nitrogens with zero attached hydrogens (tertiary/aromatic N) is 1. The van der Waals surface area contributed by atoms with Crippen LogP contribution >= 0.6 is 23.1 Å². The number of rotatable bonds is 5. The molecule has 0 atom stereocenters. The predicted octanol–water partition coefficient (Wildman–Crippen LogP) is 4.45. The second kappa shape index (κ2) is 7.23. The van der Waals surface area contributed by atoms with Gasteiger partial charge in [-0.05, 0) is 43.0 Å². The number of fused-ring (bicyclic) bond motifs is 1. The summed E-state index contributed by atoms with van der Waals surface area (Å²) < 4.78 is 2.62. The maximum atomic E-state index is 12.6. The second-order valence-corrected chi connectivity index (χ2v) is 7.48. The number of aromatic nitrogens is 1. The number of thioether (sulfide) groups is 1. The molecule has 0 radical (unpaired) electrons. The molecule has 0 bridgehead atoms. The fourth-order valence-electron chi connectivity index (χ4n) is 2.58. The Bertz CT molecular complexity index is 944. The Morgan fingerprint density at radius 2 is 2.00 bits per heavy atom. The molecule has 0 aliphatic rings. The average Bonchev–Trinajstić information content (AvgIpc) is 2.89. The van der Waals surface area contributed by atoms with E-state index in [1.807, 2.05) is 49.4 Å². The molecule has 1 N–H and O–H groups in total. The van der Waals surface area contributed by atoms with Crippen LogP contribution in [0.5, 0.6) is 0 Å². The Morgan fingerprint density at radius 1 is 1.21 bits per heavy atom. The number of amides is 1. The van der Waals surface area contributed by atoms with Crippen LogP contribution in [0.25, 0.3) is 10.2 Å². The lowest BCUT2D eigenvalue weighted by atomic mass is 10.2. The number of hydrogen-bond acceptors (Lipinski definition) is 4. The Balaban J connectivity index is 1.90. The van der Waals surface area contributed by atoms with Crippen LogP contribution in [0.3, 0.4) is 0 Å². The van der Waals surface area contributed by atoms with Crippen molar-refractivity contribution < 1.29 is 4.79 Å². The molecule has 0 aliphatic heterocycles. The van der Waals surface area contributed by atoms with Gasteiger partial charge in [-0.25, -0.2) is 0 Å². The van der Waals surface area contributed by atoms with E-state index in [2.05, 4.69) is 12.2 Å². The number of hydrogen-bond donors (Lipinski definition) is 1. The summed E-state index contributed by atoms with van der Waals surface area (Å²) in [5.41, 5.74) is 2.28. The number of benzene rings is 2. The highest BCUT2D eigenvalue weighted by Gasteiger charge is 2.12. The molecule has 24 heavy (non-hydrogen) atoms. The minimum atomic E-state index is -0.131. The largest absolute Gasteiger partial charge is 0.322 e. The van der Waals surface area contributed by atoms with Crippen molar-refractivity contribution in [2.75, 3.05) is 11.1 Å². The third-order valence-corrected chi connectivity index (χ3v) is 5.57. The Morgan fingerprint density at radius 3 is 2.75 bits per heavy atom. The second-order valence-electron chi connectivity index (χ2n) is 5.18. The summed E-state index contributed by atoms with van der Waals surface area (Å²) in [5, 5.41) is 2.94. The van der Waals surface area contributed by atoms with E-state index in [0.717, 1.165) is 20.9 Å². The fraction of sp³-hybridized carbons (Fsp3) is 0.222. The summed E-state index contributed by atoms with van der Waals surface area (Å²) in [5.74, 6) is 0.780. The molecule has 4 nitrogen and oxygen atoms in total. The lowest BCUT2D eigenvalue weighted by molar-refractivity contribution is 0.102. The van der Waals surface area contributed by atoms with Gasteiger partial charge in [0.25, 0.3) is 5.91 Å². The van der Waals surface area contributed by atoms with Crippen molar-refractivity contribution in [1.82, 2.24) is 4.57 Å². The van der Waals surface area contributed by atoms with Gasteiger partial charge in [0.1, 0.15) is 0 Å². The number of carbonyl (C=O) groups is 1. The normalized spacial score (nSPS) is 10.9. The number of thiazole rings is 1. The van der Waals surface area contributed by atoms with Crippen molar-refractivity contribution in [1.29, 1.82) is 0 Å². The Kier molecular flexibility index (Phi) is 5.06. The quantitative estimate of drug-likeness (QED) is 0.686. The van der Waals surface area contributed by atoms with Crippen LogP contribution in [-0.2, 0) is 6.54 Å². The molecule has 0 spiro atoms. The molecule has 0 saturated carbocycles. The van der Waals surface area contributed by atoms with Gasteiger partial charge < -0.3 is 5.32 Å². The fourth-order valence-corrected chi connectivity index (χ4v) is 4.37. The van der Waals surface area contributed by atoms with Gasteiger partial charge in [-0.3, -0.25) is 14.2 Å². The summed E-state index contributed by atoms with van der Waals surface area (Å²) in [4.78, 5) is 25.5. The SMILES string of the molecule is CCSc1ccccc1C(=O)Nc1ccc2c(c1)sc(=O)n2CC. The smallest absolute Gasteiger partial charge is 0.308 e. The van der Waals surface area contributed by atoms with Crippen LogP contribution in [0.4, 0.5) is 5.69 Å². The Hall–Kier alpha value is -2.05. The molecule has 1 aromatic heterocycles. The van der Waals surface area contributed by atoms with Gasteiger partial charge in [0.2, 0.25) is 0 Å². The van der Waals surface area contributed by atoms with E-state index < -0.39 is 0 Å². The van der Waals surface area contributed by atoms with E-state index in [1.165, 1.54) is 11.3 Å². The zero-order valence-corrected chi connectivity index (χ0v) is 15.2. The summed E-state index contributed by atoms with van der Waals surface area (Å²) in [6, 6.07) is 13.2. The molecule has 3 rings (SSSR count). The molecule has 124 valence electrons. The van der Waals surface area contributed by atoms with Crippen LogP contribution in [-0.4, -0.2) is 16.2 Å². The molecule has 6 heteroatoms. The standard InChI is InChI=1S/C18H18N2O2S2/c1-3-20-14-10-9-12(11-16(14)24-18(20)22)19-17(21)13-7-5-6-8-15(13)23-4-2/h5-11H,3-4H2,1-2H3,(H,19,21). The van der Waals surface area contributed by atoms with Crippen molar-refractivity contribution in [3.63, 3.8) is 0 Å². The third-order valence-electron chi connectivity index (χ3n) is 3.67. The van der Waals surface area contributed by atoms with Crippen molar-refractivity contribution in [2.24, 2.45) is 0 Å². The molecule has 2 aromatic carbocycles. The van der Waals surface area contributed by atoms with Crippen LogP contribution in [0.1, 0.15) is 24.2 Å². The van der Waals surface area contributed by atoms with E-state index in [1.54, 1.807) is 16.3 Å². The van der Waals surface area contributed by atoms with E-state index in [-0.39, 0.29) is 10.8 Å². The zero-order chi connectivity index (χ0) is 17.1. The zero-order valence-electron chi connectivity index (χ0n) is 13.5. The maximum absolute atomic E-state index is 12.6. The van der Waals surface area contributed by atoms with Crippen molar-refractivity contribution in [3.8, 4) is 0 Å². The molecule has 0 fully saturated rings. The average molecular weight is 358 g/mol. The lowest BCUT2D eigenvalue weighted by Gasteiger charge is -2.09. The van der Waals surface area contributed by atoms with Crippen molar-refractivity contribution in [2.45, 2.75) is 25.3 Å². The van der Waals surface area contributed by atoms with E-state index >= 15 is 0 Å². The monoisotopic (exact) mass is 358 g/mol. The molecular formula is C18H18N2O2S2. The Labute approximate surface area is 148 Å². The highest BCUT2D eigenvalue weighted by molar-refractivity contribution is 7.99. The number of anilines is 1. The van der Waals surface area contributed by atoms with Crippen molar-refractivity contribution in [3.05, 3.63) is 57.7 Å². The van der Waals surface area contributed by atoms with Crippen molar-refractivity contribution >= 4 is 44.9 Å². The van der Waals surface area contributed by atoms with Crippen LogP contribution in [0.2, 0.25) is 0 Å². The lowest BCUT2D eigenvalue weighted by Crippen LogP contribution is -2.13. The summed E-state index contributed by atoms with van der Waals surface area (Å²) in [6.45, 7) is 4.66. The van der Waals surface area contributed by atoms with Gasteiger partial charge in [0, 0.05) is 17.1 Å². The summed E-state index contributed by atoms with van der Waals surface area (Å²) in [6.07, 6.45) is 0. The highest BCUT2D eigenvalue weighted by atomic mass is 32.2. The predicted molar refractivity (Wildman–Crippen MR) is 103 cm³/mol. The molecule has 3 aromatic rings. The van der Waals surface area contributed by atoms with Crippen LogP contribution in [0, 0.1) is 0 Å². The first-order chi connectivity index (χ1) is 11.6. The number of aryl methyl sites for hydroxylation is 1. The maximum Gasteiger partial charge on any atom is 0.308 e. The molecule has 1 heterocycles. The summed E-state index contributed by atoms with van der Waals surface area (Å²) in [7, 11) is 0. The molecule has 0 saturated heterocycles. The molecule has 0 aliphatic carbocycles. The van der Waals surface area contributed by atoms with E-state index in [9.17, 15) is 9.59 Å². The minimum absolute atomic E-state index is 0.0284. The minimum Gasteiger partial charge on any atom is -0.322 e. The molecule has 0 unspecified atom stereocenters. The van der Waals surface area contributed by atoms with Crippen LogP contribution in [0.15, 0.2) is 52.2 Å². The van der Waals surface area contributed by atoms with Gasteiger partial charge in [-0.2, -0.15) is 0 Å². The van der Waals surface area contributed by atoms with Gasteiger partial charge in [-0.1, -0.05) is 30.4 Å². The number of carbonyl (C=O) groups excluding carboxylic acids is 1. The summed E-state index contributed by atoms with van der Waals surface area (Å²) >= 11 is 2.85. The van der Waals surface area contributed by atoms with Gasteiger partial charge in [-0.15, -0.1) is 11.8 Å². The molecule has 1 amide bonds. The van der Waals surface area contributed by atoms with Gasteiger partial charge >= 0.3 is 4.87 Å².